The minimum atomic E-state index is -0.503. The minimum absolute atomic E-state index is 0.503. The molecule has 1 saturated heterocycles. The summed E-state index contributed by atoms with van der Waals surface area (Å²) in [5.74, 6) is 1.23. The average molecular weight is 278 g/mol. The SMILES string of the molecule is Cc1nn(C)c(N2CCC(C)(O)CC2)c1CNC1CC1. The fraction of sp³-hybridized carbons (Fsp3) is 0.800. The van der Waals surface area contributed by atoms with Crippen LogP contribution in [0.1, 0.15) is 43.9 Å². The number of aromatic nitrogens is 2. The highest BCUT2D eigenvalue weighted by molar-refractivity contribution is 5.50. The molecule has 0 atom stereocenters. The molecule has 1 aliphatic heterocycles. The minimum Gasteiger partial charge on any atom is -0.390 e. The largest absolute Gasteiger partial charge is 0.390 e. The summed E-state index contributed by atoms with van der Waals surface area (Å²) in [6, 6.07) is 0.713. The molecule has 0 bridgehead atoms. The van der Waals surface area contributed by atoms with Gasteiger partial charge in [-0.25, -0.2) is 0 Å². The van der Waals surface area contributed by atoms with Crippen molar-refractivity contribution in [2.24, 2.45) is 7.05 Å². The molecule has 5 heteroatoms. The quantitative estimate of drug-likeness (QED) is 0.872. The van der Waals surface area contributed by atoms with E-state index in [0.29, 0.717) is 6.04 Å². The Morgan fingerprint density at radius 1 is 1.35 bits per heavy atom. The maximum absolute atomic E-state index is 10.1. The lowest BCUT2D eigenvalue weighted by Gasteiger charge is -2.37. The number of aryl methyl sites for hydroxylation is 2. The lowest BCUT2D eigenvalue weighted by Crippen LogP contribution is -2.43. The molecule has 0 amide bonds. The molecule has 1 aromatic rings. The summed E-state index contributed by atoms with van der Waals surface area (Å²) in [5, 5.41) is 18.3. The summed E-state index contributed by atoms with van der Waals surface area (Å²) in [7, 11) is 2.02. The highest BCUT2D eigenvalue weighted by Crippen LogP contribution is 2.30. The van der Waals surface area contributed by atoms with Gasteiger partial charge in [0.05, 0.1) is 11.3 Å². The molecular weight excluding hydrogens is 252 g/mol. The second kappa shape index (κ2) is 5.04. The maximum Gasteiger partial charge on any atom is 0.131 e. The molecule has 2 aliphatic rings. The van der Waals surface area contributed by atoms with Crippen LogP contribution in [0.2, 0.25) is 0 Å². The fourth-order valence-electron chi connectivity index (χ4n) is 3.03. The van der Waals surface area contributed by atoms with Gasteiger partial charge in [0.2, 0.25) is 0 Å². The van der Waals surface area contributed by atoms with Crippen LogP contribution in [0, 0.1) is 6.92 Å². The average Bonchev–Trinajstić information content (AvgIpc) is 3.14. The molecule has 2 N–H and O–H groups in total. The zero-order chi connectivity index (χ0) is 14.3. The van der Waals surface area contributed by atoms with Crippen molar-refractivity contribution < 1.29 is 5.11 Å². The first-order valence-electron chi connectivity index (χ1n) is 7.69. The van der Waals surface area contributed by atoms with Gasteiger partial charge >= 0.3 is 0 Å². The topological polar surface area (TPSA) is 53.3 Å². The van der Waals surface area contributed by atoms with Crippen LogP contribution in [0.3, 0.4) is 0 Å². The van der Waals surface area contributed by atoms with E-state index in [1.54, 1.807) is 0 Å². The van der Waals surface area contributed by atoms with E-state index in [1.807, 2.05) is 18.7 Å². The van der Waals surface area contributed by atoms with Gasteiger partial charge in [0, 0.05) is 38.3 Å². The Balaban J connectivity index is 1.77. The molecule has 0 radical (unpaired) electrons. The van der Waals surface area contributed by atoms with Gasteiger partial charge in [0.15, 0.2) is 0 Å². The Hall–Kier alpha value is -1.07. The number of anilines is 1. The third-order valence-corrected chi connectivity index (χ3v) is 4.60. The normalized spacial score (nSPS) is 22.3. The van der Waals surface area contributed by atoms with Crippen molar-refractivity contribution >= 4 is 5.82 Å². The predicted octanol–water partition coefficient (Wildman–Crippen LogP) is 1.33. The van der Waals surface area contributed by atoms with Crippen molar-refractivity contribution in [3.63, 3.8) is 0 Å². The molecule has 2 fully saturated rings. The standard InChI is InChI=1S/C15H26N4O/c1-11-13(10-16-12-4-5-12)14(18(3)17-11)19-8-6-15(2,20)7-9-19/h12,16,20H,4-10H2,1-3H3. The summed E-state index contributed by atoms with van der Waals surface area (Å²) in [6.07, 6.45) is 4.27. The van der Waals surface area contributed by atoms with Gasteiger partial charge in [-0.1, -0.05) is 0 Å². The lowest BCUT2D eigenvalue weighted by atomic mass is 9.93. The Bertz CT molecular complexity index is 480. The maximum atomic E-state index is 10.1. The molecule has 0 aromatic carbocycles. The van der Waals surface area contributed by atoms with Gasteiger partial charge in [-0.05, 0) is 39.5 Å². The zero-order valence-corrected chi connectivity index (χ0v) is 12.8. The molecule has 3 rings (SSSR count). The Morgan fingerprint density at radius 3 is 2.60 bits per heavy atom. The summed E-state index contributed by atoms with van der Waals surface area (Å²) in [4.78, 5) is 2.38. The van der Waals surface area contributed by atoms with Crippen LogP contribution in [-0.2, 0) is 13.6 Å². The molecule has 1 aromatic heterocycles. The molecule has 0 spiro atoms. The summed E-state index contributed by atoms with van der Waals surface area (Å²) in [5.41, 5.74) is 1.94. The van der Waals surface area contributed by atoms with Gasteiger partial charge in [0.25, 0.3) is 0 Å². The van der Waals surface area contributed by atoms with Crippen LogP contribution < -0.4 is 10.2 Å². The van der Waals surface area contributed by atoms with Crippen LogP contribution >= 0.6 is 0 Å². The van der Waals surface area contributed by atoms with E-state index in [1.165, 1.54) is 24.2 Å². The number of aliphatic hydroxyl groups is 1. The van der Waals surface area contributed by atoms with Crippen LogP contribution in [0.25, 0.3) is 0 Å². The highest BCUT2D eigenvalue weighted by atomic mass is 16.3. The van der Waals surface area contributed by atoms with E-state index in [9.17, 15) is 5.11 Å². The van der Waals surface area contributed by atoms with Crippen molar-refractivity contribution in [3.8, 4) is 0 Å². The van der Waals surface area contributed by atoms with Crippen molar-refractivity contribution in [2.45, 2.75) is 57.7 Å². The first-order chi connectivity index (χ1) is 9.46. The van der Waals surface area contributed by atoms with Gasteiger partial charge < -0.3 is 15.3 Å². The van der Waals surface area contributed by atoms with Crippen LogP contribution in [0.15, 0.2) is 0 Å². The van der Waals surface area contributed by atoms with Gasteiger partial charge in [0.1, 0.15) is 5.82 Å². The first kappa shape index (κ1) is 13.9. The summed E-state index contributed by atoms with van der Waals surface area (Å²) < 4.78 is 2.00. The molecule has 1 aliphatic carbocycles. The Kier molecular flexibility index (Phi) is 3.50. The molecule has 20 heavy (non-hydrogen) atoms. The van der Waals surface area contributed by atoms with Crippen LogP contribution in [-0.4, -0.2) is 39.6 Å². The number of hydrogen-bond donors (Lipinski definition) is 2. The van der Waals surface area contributed by atoms with Crippen molar-refractivity contribution in [3.05, 3.63) is 11.3 Å². The van der Waals surface area contributed by atoms with E-state index in [0.717, 1.165) is 38.2 Å². The van der Waals surface area contributed by atoms with Crippen LogP contribution in [0.5, 0.6) is 0 Å². The predicted molar refractivity (Wildman–Crippen MR) is 79.9 cm³/mol. The number of hydrogen-bond acceptors (Lipinski definition) is 4. The van der Waals surface area contributed by atoms with E-state index < -0.39 is 5.60 Å². The first-order valence-corrected chi connectivity index (χ1v) is 7.69. The second-order valence-electron chi connectivity index (χ2n) is 6.65. The van der Waals surface area contributed by atoms with E-state index in [4.69, 9.17) is 0 Å². The highest BCUT2D eigenvalue weighted by Gasteiger charge is 2.30. The Labute approximate surface area is 121 Å². The van der Waals surface area contributed by atoms with Crippen LogP contribution in [0.4, 0.5) is 5.82 Å². The van der Waals surface area contributed by atoms with Gasteiger partial charge in [-0.15, -0.1) is 0 Å². The van der Waals surface area contributed by atoms with Gasteiger partial charge in [-0.2, -0.15) is 5.10 Å². The number of nitrogens with one attached hydrogen (secondary N) is 1. The zero-order valence-electron chi connectivity index (χ0n) is 12.8. The number of piperidine rings is 1. The second-order valence-corrected chi connectivity index (χ2v) is 6.65. The molecule has 2 heterocycles. The third kappa shape index (κ3) is 2.83. The monoisotopic (exact) mass is 278 g/mol. The number of nitrogens with zero attached hydrogens (tertiary/aromatic N) is 3. The summed E-state index contributed by atoms with van der Waals surface area (Å²) >= 11 is 0. The fourth-order valence-corrected chi connectivity index (χ4v) is 3.03. The number of rotatable bonds is 4. The Morgan fingerprint density at radius 2 is 2.00 bits per heavy atom. The van der Waals surface area contributed by atoms with E-state index >= 15 is 0 Å². The van der Waals surface area contributed by atoms with Crippen molar-refractivity contribution in [1.29, 1.82) is 0 Å². The molecule has 5 nitrogen and oxygen atoms in total. The molecule has 1 saturated carbocycles. The lowest BCUT2D eigenvalue weighted by molar-refractivity contribution is 0.0348. The van der Waals surface area contributed by atoms with Crippen molar-refractivity contribution in [1.82, 2.24) is 15.1 Å². The van der Waals surface area contributed by atoms with E-state index in [2.05, 4.69) is 22.2 Å². The summed E-state index contributed by atoms with van der Waals surface area (Å²) in [6.45, 7) is 6.75. The molecule has 0 unspecified atom stereocenters. The van der Waals surface area contributed by atoms with Gasteiger partial charge in [-0.3, -0.25) is 4.68 Å². The van der Waals surface area contributed by atoms with Crippen molar-refractivity contribution in [2.75, 3.05) is 18.0 Å². The van der Waals surface area contributed by atoms with E-state index in [-0.39, 0.29) is 0 Å². The third-order valence-electron chi connectivity index (χ3n) is 4.60. The molecule has 112 valence electrons. The molecular formula is C15H26N4O. The smallest absolute Gasteiger partial charge is 0.131 e.